The van der Waals surface area contributed by atoms with Crippen molar-refractivity contribution in [3.05, 3.63) is 149 Å². The zero-order chi connectivity index (χ0) is 38.3. The molecule has 0 saturated carbocycles. The lowest BCUT2D eigenvalue weighted by molar-refractivity contribution is 0.263. The summed E-state index contributed by atoms with van der Waals surface area (Å²) in [7, 11) is -8.84. The molecule has 0 heterocycles. The lowest BCUT2D eigenvalue weighted by Crippen LogP contribution is -2.32. The molecule has 0 unspecified atom stereocenters. The second kappa shape index (κ2) is 17.1. The molecule has 0 fully saturated rings. The van der Waals surface area contributed by atoms with E-state index in [0.29, 0.717) is 26.2 Å². The third kappa shape index (κ3) is 9.73. The molecule has 11 heteroatoms. The van der Waals surface area contributed by atoms with Gasteiger partial charge in [-0.2, -0.15) is 8.42 Å². The smallest absolute Gasteiger partial charge is 0.294 e. The molecule has 53 heavy (non-hydrogen) atoms. The minimum atomic E-state index is -4.54. The van der Waals surface area contributed by atoms with E-state index in [1.165, 1.54) is 30.0 Å². The van der Waals surface area contributed by atoms with Gasteiger partial charge in [0, 0.05) is 50.1 Å². The maximum atomic E-state index is 11.7. The molecule has 4 aromatic carbocycles. The van der Waals surface area contributed by atoms with Crippen LogP contribution in [-0.4, -0.2) is 63.1 Å². The van der Waals surface area contributed by atoms with Crippen molar-refractivity contribution >= 4 is 37.2 Å². The predicted molar refractivity (Wildman–Crippen MR) is 213 cm³/mol. The van der Waals surface area contributed by atoms with Crippen LogP contribution in [-0.2, 0) is 33.3 Å². The van der Waals surface area contributed by atoms with Gasteiger partial charge in [-0.25, -0.2) is 8.42 Å². The van der Waals surface area contributed by atoms with Gasteiger partial charge >= 0.3 is 0 Å². The Morgan fingerprint density at radius 3 is 1.79 bits per heavy atom. The van der Waals surface area contributed by atoms with Gasteiger partial charge in [-0.15, -0.1) is 0 Å². The topological polar surface area (TPSA) is 121 Å². The van der Waals surface area contributed by atoms with E-state index in [2.05, 4.69) is 109 Å². The third-order valence-electron chi connectivity index (χ3n) is 9.72. The molecule has 9 nitrogen and oxygen atoms in total. The Kier molecular flexibility index (Phi) is 12.8. The standard InChI is InChI=1S/C42H49N3O6S2/c1-6-43(7-2)38-24-25-41(31(5)26-38)42(34-16-20-36(21-17-34)44(8-3)29-32-12-10-14-39(27-32)52(46,47)48)35-18-22-37(23-19-35)45(9-4)30-33-13-11-15-40(28-33)53(49,50)51/h10-28,36H,6-9,29-30H2,1-5H3,(H,46,47,48)(H,49,50,51)/p-1. The average Bonchev–Trinajstić information content (AvgIpc) is 3.14. The number of anilines is 2. The quantitative estimate of drug-likeness (QED) is 0.121. The van der Waals surface area contributed by atoms with Crippen molar-refractivity contribution in [1.82, 2.24) is 4.90 Å². The molecule has 1 aliphatic carbocycles. The monoisotopic (exact) mass is 754 g/mol. The predicted octanol–water partition coefficient (Wildman–Crippen LogP) is 7.84. The first-order valence-electron chi connectivity index (χ1n) is 17.9. The van der Waals surface area contributed by atoms with Crippen LogP contribution in [0, 0.1) is 6.92 Å². The first-order valence-corrected chi connectivity index (χ1v) is 20.8. The molecule has 1 N–H and O–H groups in total. The zero-order valence-electron chi connectivity index (χ0n) is 30.9. The number of rotatable bonds is 15. The van der Waals surface area contributed by atoms with E-state index in [1.54, 1.807) is 12.1 Å². The molecular formula is C42H48N3O6S2-. The molecule has 0 aromatic heterocycles. The van der Waals surface area contributed by atoms with Crippen LogP contribution >= 0.6 is 0 Å². The van der Waals surface area contributed by atoms with Crippen molar-refractivity contribution in [3.63, 3.8) is 0 Å². The largest absolute Gasteiger partial charge is 0.744 e. The fourth-order valence-corrected chi connectivity index (χ4v) is 7.93. The number of aryl methyl sites for hydroxylation is 1. The van der Waals surface area contributed by atoms with Gasteiger partial charge in [0.25, 0.3) is 10.1 Å². The summed E-state index contributed by atoms with van der Waals surface area (Å²) in [4.78, 5) is 6.34. The van der Waals surface area contributed by atoms with Gasteiger partial charge in [0.15, 0.2) is 0 Å². The van der Waals surface area contributed by atoms with Gasteiger partial charge in [0.2, 0.25) is 0 Å². The highest BCUT2D eigenvalue weighted by Gasteiger charge is 2.20. The number of hydrogen-bond acceptors (Lipinski definition) is 8. The fourth-order valence-electron chi connectivity index (χ4n) is 6.84. The Balaban J connectivity index is 1.49. The fraction of sp³-hybridized carbons (Fsp3) is 0.286. The lowest BCUT2D eigenvalue weighted by atomic mass is 9.87. The Morgan fingerprint density at radius 1 is 0.679 bits per heavy atom. The van der Waals surface area contributed by atoms with Crippen LogP contribution in [0.5, 0.6) is 0 Å². The number of allylic oxidation sites excluding steroid dienone is 3. The summed E-state index contributed by atoms with van der Waals surface area (Å²) in [5, 5.41) is 0. The van der Waals surface area contributed by atoms with E-state index < -0.39 is 20.2 Å². The maximum Gasteiger partial charge on any atom is 0.294 e. The van der Waals surface area contributed by atoms with Gasteiger partial charge in [0.1, 0.15) is 10.1 Å². The van der Waals surface area contributed by atoms with Crippen LogP contribution in [0.1, 0.15) is 55.5 Å². The summed E-state index contributed by atoms with van der Waals surface area (Å²) in [5.74, 6) is 0. The first kappa shape index (κ1) is 39.7. The Morgan fingerprint density at radius 2 is 1.25 bits per heavy atom. The highest BCUT2D eigenvalue weighted by Crippen LogP contribution is 2.35. The van der Waals surface area contributed by atoms with Gasteiger partial charge in [-0.3, -0.25) is 9.45 Å². The molecule has 0 saturated heterocycles. The van der Waals surface area contributed by atoms with Crippen LogP contribution in [0.3, 0.4) is 0 Å². The highest BCUT2D eigenvalue weighted by molar-refractivity contribution is 7.86. The lowest BCUT2D eigenvalue weighted by Gasteiger charge is -2.29. The molecular weight excluding hydrogens is 707 g/mol. The van der Waals surface area contributed by atoms with Crippen molar-refractivity contribution in [2.24, 2.45) is 0 Å². The van der Waals surface area contributed by atoms with E-state index >= 15 is 0 Å². The Bertz CT molecular complexity index is 2210. The SMILES string of the molecule is CCN(CC)c1ccc(C(=C2C=CC(N(CC)Cc3cccc(S(=O)(=O)[O-])c3)C=C2)c2ccc(N(CC)Cc3cccc(S(=O)(=O)O)c3)cc2)c(C)c1. The molecule has 1 aliphatic rings. The van der Waals surface area contributed by atoms with E-state index in [9.17, 15) is 25.9 Å². The van der Waals surface area contributed by atoms with Crippen LogP contribution in [0.15, 0.2) is 131 Å². The third-order valence-corrected chi connectivity index (χ3v) is 11.4. The molecule has 280 valence electrons. The maximum absolute atomic E-state index is 11.7. The van der Waals surface area contributed by atoms with Crippen molar-refractivity contribution in [2.75, 3.05) is 36.0 Å². The van der Waals surface area contributed by atoms with Gasteiger partial charge in [0.05, 0.1) is 9.79 Å². The second-order valence-electron chi connectivity index (χ2n) is 13.1. The van der Waals surface area contributed by atoms with Crippen molar-refractivity contribution in [2.45, 2.75) is 63.5 Å². The number of hydrogen-bond donors (Lipinski definition) is 1. The summed E-state index contributed by atoms with van der Waals surface area (Å²) in [6, 6.07) is 27.6. The van der Waals surface area contributed by atoms with Crippen LogP contribution in [0.4, 0.5) is 11.4 Å². The first-order chi connectivity index (χ1) is 25.2. The van der Waals surface area contributed by atoms with Crippen molar-refractivity contribution in [3.8, 4) is 0 Å². The zero-order valence-corrected chi connectivity index (χ0v) is 32.6. The molecule has 0 spiro atoms. The molecule has 0 aliphatic heterocycles. The summed E-state index contributed by atoms with van der Waals surface area (Å²) in [6.45, 7) is 14.7. The van der Waals surface area contributed by atoms with E-state index in [1.807, 2.05) is 19.1 Å². The van der Waals surface area contributed by atoms with E-state index in [4.69, 9.17) is 0 Å². The second-order valence-corrected chi connectivity index (χ2v) is 15.9. The molecule has 4 aromatic rings. The average molecular weight is 755 g/mol. The number of benzene rings is 4. The van der Waals surface area contributed by atoms with Gasteiger partial charge in [-0.05, 0) is 122 Å². The van der Waals surface area contributed by atoms with Gasteiger partial charge in [-0.1, -0.05) is 73.7 Å². The van der Waals surface area contributed by atoms with E-state index in [0.717, 1.165) is 57.7 Å². The summed E-state index contributed by atoms with van der Waals surface area (Å²) in [6.07, 6.45) is 8.60. The molecule has 5 rings (SSSR count). The van der Waals surface area contributed by atoms with Crippen molar-refractivity contribution < 1.29 is 25.9 Å². The normalized spacial score (nSPS) is 14.5. The molecule has 0 bridgehead atoms. The molecule has 0 radical (unpaired) electrons. The van der Waals surface area contributed by atoms with Crippen LogP contribution in [0.25, 0.3) is 5.57 Å². The Hall–Kier alpha value is -4.52. The van der Waals surface area contributed by atoms with Crippen molar-refractivity contribution in [1.29, 1.82) is 0 Å². The summed E-state index contributed by atoms with van der Waals surface area (Å²) in [5.41, 5.74) is 9.14. The minimum Gasteiger partial charge on any atom is -0.744 e. The molecule has 0 atom stereocenters. The van der Waals surface area contributed by atoms with Gasteiger partial charge < -0.3 is 14.4 Å². The molecule has 0 amide bonds. The summed E-state index contributed by atoms with van der Waals surface area (Å²) >= 11 is 0. The number of nitrogens with zero attached hydrogens (tertiary/aromatic N) is 3. The van der Waals surface area contributed by atoms with Crippen LogP contribution in [0.2, 0.25) is 0 Å². The minimum absolute atomic E-state index is 0.0385. The summed E-state index contributed by atoms with van der Waals surface area (Å²) < 4.78 is 68.0. The van der Waals surface area contributed by atoms with E-state index in [-0.39, 0.29) is 15.8 Å². The highest BCUT2D eigenvalue weighted by atomic mass is 32.2. The number of likely N-dealkylation sites (N-methyl/N-ethyl adjacent to an activating group) is 1. The van der Waals surface area contributed by atoms with Crippen LogP contribution < -0.4 is 9.80 Å². The Labute approximate surface area is 315 Å².